The minimum atomic E-state index is -0.414. The van der Waals surface area contributed by atoms with E-state index in [9.17, 15) is 9.59 Å². The van der Waals surface area contributed by atoms with Crippen LogP contribution in [0.3, 0.4) is 0 Å². The molecule has 0 saturated carbocycles. The summed E-state index contributed by atoms with van der Waals surface area (Å²) in [5.74, 6) is -0.414. The van der Waals surface area contributed by atoms with Gasteiger partial charge in [-0.05, 0) is 37.1 Å². The highest BCUT2D eigenvalue weighted by atomic mass is 16.1. The van der Waals surface area contributed by atoms with Crippen molar-refractivity contribution in [2.24, 2.45) is 0 Å². The van der Waals surface area contributed by atoms with Crippen molar-refractivity contribution >= 4 is 22.6 Å². The fourth-order valence-electron chi connectivity index (χ4n) is 3.38. The zero-order valence-electron chi connectivity index (χ0n) is 16.5. The third-order valence-electron chi connectivity index (χ3n) is 4.99. The average Bonchev–Trinajstić information content (AvgIpc) is 2.72. The quantitative estimate of drug-likeness (QED) is 0.528. The number of fused-ring (bicyclic) bond motifs is 2. The van der Waals surface area contributed by atoms with Gasteiger partial charge in [0.25, 0.3) is 11.5 Å². The molecule has 0 aliphatic rings. The van der Waals surface area contributed by atoms with E-state index in [1.165, 1.54) is 17.5 Å². The normalized spacial score (nSPS) is 11.1. The highest BCUT2D eigenvalue weighted by molar-refractivity contribution is 5.96. The molecule has 0 saturated heterocycles. The van der Waals surface area contributed by atoms with E-state index >= 15 is 0 Å². The third-order valence-corrected chi connectivity index (χ3v) is 4.99. The molecule has 0 atom stereocenters. The van der Waals surface area contributed by atoms with Crippen molar-refractivity contribution in [1.82, 2.24) is 19.3 Å². The third kappa shape index (κ3) is 3.20. The molecule has 0 radical (unpaired) electrons. The van der Waals surface area contributed by atoms with Crippen LogP contribution < -0.4 is 16.4 Å². The molecule has 0 unspecified atom stereocenters. The van der Waals surface area contributed by atoms with Crippen LogP contribution in [-0.4, -0.2) is 26.9 Å². The van der Waals surface area contributed by atoms with Crippen LogP contribution in [0.2, 0.25) is 0 Å². The van der Waals surface area contributed by atoms with Gasteiger partial charge in [0.1, 0.15) is 16.8 Å². The van der Waals surface area contributed by atoms with Gasteiger partial charge in [-0.15, -0.1) is 0 Å². The van der Waals surface area contributed by atoms with Crippen LogP contribution in [0.25, 0.3) is 16.7 Å². The molecular weight excluding hydrogens is 366 g/mol. The van der Waals surface area contributed by atoms with E-state index in [2.05, 4.69) is 10.3 Å². The Balaban J connectivity index is 2.09. The van der Waals surface area contributed by atoms with Gasteiger partial charge < -0.3 is 9.88 Å². The van der Waals surface area contributed by atoms with Gasteiger partial charge in [0.15, 0.2) is 0 Å². The van der Waals surface area contributed by atoms with Crippen LogP contribution in [0.4, 0.5) is 0 Å². The first-order chi connectivity index (χ1) is 13.9. The lowest BCUT2D eigenvalue weighted by atomic mass is 10.1. The molecule has 4 rings (SSSR count). The predicted octanol–water partition coefficient (Wildman–Crippen LogP) is 2.15. The Kier molecular flexibility index (Phi) is 4.50. The van der Waals surface area contributed by atoms with Crippen LogP contribution in [0.5, 0.6) is 0 Å². The molecule has 7 nitrogen and oxygen atoms in total. The number of rotatable bonds is 3. The number of nitrogens with one attached hydrogen (secondary N) is 2. The Bertz CT molecular complexity index is 1380. The Morgan fingerprint density at radius 2 is 1.79 bits per heavy atom. The molecule has 2 N–H and O–H groups in total. The minimum absolute atomic E-state index is 0.0146. The van der Waals surface area contributed by atoms with E-state index in [4.69, 9.17) is 5.41 Å². The number of carbonyl (C=O) groups excluding carboxylic acids is 1. The van der Waals surface area contributed by atoms with Gasteiger partial charge in [0.05, 0.1) is 17.5 Å². The van der Waals surface area contributed by atoms with Crippen LogP contribution in [0, 0.1) is 19.3 Å². The smallest absolute Gasteiger partial charge is 0.267 e. The van der Waals surface area contributed by atoms with Gasteiger partial charge >= 0.3 is 0 Å². The van der Waals surface area contributed by atoms with E-state index in [-0.39, 0.29) is 16.6 Å². The van der Waals surface area contributed by atoms with E-state index in [1.807, 2.05) is 44.2 Å². The SMILES string of the molecule is CNC(=O)c1cc2c(=O)n3cc(C)ccc3nc2n(Cc2ccc(C)cc2)c1=N. The molecule has 29 heavy (non-hydrogen) atoms. The second-order valence-electron chi connectivity index (χ2n) is 7.15. The lowest BCUT2D eigenvalue weighted by Crippen LogP contribution is -2.34. The summed E-state index contributed by atoms with van der Waals surface area (Å²) in [4.78, 5) is 30.2. The van der Waals surface area contributed by atoms with Gasteiger partial charge in [-0.2, -0.15) is 0 Å². The summed E-state index contributed by atoms with van der Waals surface area (Å²) < 4.78 is 3.09. The number of pyridine rings is 2. The number of aromatic nitrogens is 3. The number of amides is 1. The number of hydrogen-bond donors (Lipinski definition) is 2. The molecule has 1 aromatic carbocycles. The standard InChI is InChI=1S/C22H21N5O2/c1-13-4-7-15(8-5-13)12-27-19(23)16(21(28)24-3)10-17-20(27)25-18-9-6-14(2)11-26(18)22(17)29/h4-11,23H,12H2,1-3H3,(H,24,28). The number of nitrogens with zero attached hydrogens (tertiary/aromatic N) is 3. The van der Waals surface area contributed by atoms with Crippen molar-refractivity contribution in [3.63, 3.8) is 0 Å². The maximum absolute atomic E-state index is 13.2. The highest BCUT2D eigenvalue weighted by Crippen LogP contribution is 2.13. The molecule has 146 valence electrons. The molecule has 0 aliphatic heterocycles. The topological polar surface area (TPSA) is 92.2 Å². The molecule has 7 heteroatoms. The van der Waals surface area contributed by atoms with Gasteiger partial charge in [-0.3, -0.25) is 19.4 Å². The Morgan fingerprint density at radius 1 is 1.10 bits per heavy atom. The fourth-order valence-corrected chi connectivity index (χ4v) is 3.38. The Labute approximate surface area is 166 Å². The molecule has 0 spiro atoms. The van der Waals surface area contributed by atoms with E-state index in [1.54, 1.807) is 16.8 Å². The van der Waals surface area contributed by atoms with Gasteiger partial charge in [-0.1, -0.05) is 35.9 Å². The van der Waals surface area contributed by atoms with E-state index in [0.717, 1.165) is 16.7 Å². The Morgan fingerprint density at radius 3 is 2.48 bits per heavy atom. The highest BCUT2D eigenvalue weighted by Gasteiger charge is 2.17. The Hall–Kier alpha value is -3.74. The van der Waals surface area contributed by atoms with Gasteiger partial charge in [0.2, 0.25) is 0 Å². The largest absolute Gasteiger partial charge is 0.355 e. The molecule has 0 aliphatic carbocycles. The van der Waals surface area contributed by atoms with Crippen LogP contribution in [0.15, 0.2) is 53.5 Å². The molecule has 3 heterocycles. The first kappa shape index (κ1) is 18.6. The molecule has 4 aromatic rings. The first-order valence-electron chi connectivity index (χ1n) is 9.28. The van der Waals surface area contributed by atoms with Crippen molar-refractivity contribution in [1.29, 1.82) is 5.41 Å². The molecular formula is C22H21N5O2. The number of carbonyl (C=O) groups is 1. The van der Waals surface area contributed by atoms with Crippen LogP contribution >= 0.6 is 0 Å². The first-order valence-corrected chi connectivity index (χ1v) is 9.28. The zero-order valence-corrected chi connectivity index (χ0v) is 16.5. The van der Waals surface area contributed by atoms with Gasteiger partial charge in [0, 0.05) is 13.2 Å². The maximum Gasteiger partial charge on any atom is 0.267 e. The molecule has 0 fully saturated rings. The van der Waals surface area contributed by atoms with Crippen LogP contribution in [0.1, 0.15) is 27.0 Å². The maximum atomic E-state index is 13.2. The van der Waals surface area contributed by atoms with Crippen molar-refractivity contribution in [2.45, 2.75) is 20.4 Å². The van der Waals surface area contributed by atoms with Crippen LogP contribution in [-0.2, 0) is 6.54 Å². The summed E-state index contributed by atoms with van der Waals surface area (Å²) in [5.41, 5.74) is 3.78. The van der Waals surface area contributed by atoms with Gasteiger partial charge in [-0.25, -0.2) is 4.98 Å². The zero-order chi connectivity index (χ0) is 20.7. The summed E-state index contributed by atoms with van der Waals surface area (Å²) >= 11 is 0. The monoisotopic (exact) mass is 387 g/mol. The summed E-state index contributed by atoms with van der Waals surface area (Å²) in [6, 6.07) is 13.1. The van der Waals surface area contributed by atoms with E-state index < -0.39 is 5.91 Å². The average molecular weight is 387 g/mol. The van der Waals surface area contributed by atoms with Crippen molar-refractivity contribution in [3.8, 4) is 0 Å². The summed E-state index contributed by atoms with van der Waals surface area (Å²) in [6.45, 7) is 4.23. The van der Waals surface area contributed by atoms with E-state index in [0.29, 0.717) is 23.2 Å². The minimum Gasteiger partial charge on any atom is -0.355 e. The molecule has 3 aromatic heterocycles. The second-order valence-corrected chi connectivity index (χ2v) is 7.15. The van der Waals surface area contributed by atoms with Crippen molar-refractivity contribution in [2.75, 3.05) is 7.05 Å². The summed E-state index contributed by atoms with van der Waals surface area (Å²) in [7, 11) is 1.51. The van der Waals surface area contributed by atoms with Crippen molar-refractivity contribution < 1.29 is 4.79 Å². The summed E-state index contributed by atoms with van der Waals surface area (Å²) in [6.07, 6.45) is 1.72. The fraction of sp³-hybridized carbons (Fsp3) is 0.182. The second kappa shape index (κ2) is 7.01. The van der Waals surface area contributed by atoms with Crippen molar-refractivity contribution in [3.05, 3.63) is 86.8 Å². The predicted molar refractivity (Wildman–Crippen MR) is 111 cm³/mol. The number of aryl methyl sites for hydroxylation is 2. The summed E-state index contributed by atoms with van der Waals surface area (Å²) in [5, 5.41) is 11.5. The molecule has 0 bridgehead atoms. The molecule has 1 amide bonds. The number of benzene rings is 1. The lowest BCUT2D eigenvalue weighted by molar-refractivity contribution is 0.0960. The number of hydrogen-bond acceptors (Lipinski definition) is 4. The lowest BCUT2D eigenvalue weighted by Gasteiger charge is -2.15.